The van der Waals surface area contributed by atoms with Gasteiger partial charge in [0.1, 0.15) is 0 Å². The molecule has 0 heterocycles. The van der Waals surface area contributed by atoms with Gasteiger partial charge in [0.2, 0.25) is 5.91 Å². The Balaban J connectivity index is 2.08. The largest absolute Gasteiger partial charge is 0.481 e. The monoisotopic (exact) mass is 263 g/mol. The first-order valence-corrected chi connectivity index (χ1v) is 6.11. The zero-order valence-corrected chi connectivity index (χ0v) is 10.9. The number of amides is 1. The molecule has 5 nitrogen and oxygen atoms in total. The summed E-state index contributed by atoms with van der Waals surface area (Å²) in [5.41, 5.74) is 0.760. The highest BCUT2D eigenvalue weighted by atomic mass is 16.4. The van der Waals surface area contributed by atoms with E-state index in [9.17, 15) is 9.59 Å². The number of carboxylic acids is 1. The number of nitrogens with one attached hydrogen (secondary N) is 1. The molecule has 1 aromatic rings. The van der Waals surface area contributed by atoms with Crippen LogP contribution in [-0.4, -0.2) is 22.1 Å². The Kier molecular flexibility index (Phi) is 3.32. The molecule has 0 aliphatic heterocycles. The second kappa shape index (κ2) is 4.66. The molecule has 3 N–H and O–H groups in total. The molecule has 5 heteroatoms. The summed E-state index contributed by atoms with van der Waals surface area (Å²) < 4.78 is 0. The van der Waals surface area contributed by atoms with E-state index in [1.54, 1.807) is 38.1 Å². The standard InChI is InChI=1S/C14H17NO4/c1-14(2)10(11(14)13(18)19)12(17)15-9-5-3-4-8(6-9)7-16/h3-6,10-11,16H,7H2,1-2H3,(H,15,17)(H,18,19). The van der Waals surface area contributed by atoms with Crippen molar-refractivity contribution in [2.24, 2.45) is 17.3 Å². The molecule has 1 aliphatic rings. The number of carbonyl (C=O) groups is 2. The van der Waals surface area contributed by atoms with Crippen LogP contribution in [0.2, 0.25) is 0 Å². The molecular formula is C14H17NO4. The maximum atomic E-state index is 12.1. The van der Waals surface area contributed by atoms with Crippen LogP contribution in [0.25, 0.3) is 0 Å². The van der Waals surface area contributed by atoms with E-state index in [4.69, 9.17) is 10.2 Å². The Morgan fingerprint density at radius 2 is 2.00 bits per heavy atom. The second-order valence-electron chi connectivity index (χ2n) is 5.46. The Labute approximate surface area is 111 Å². The number of anilines is 1. The third kappa shape index (κ3) is 2.46. The molecule has 2 atom stereocenters. The molecule has 2 unspecified atom stereocenters. The predicted octanol–water partition coefficient (Wildman–Crippen LogP) is 1.47. The number of hydrogen-bond donors (Lipinski definition) is 3. The maximum absolute atomic E-state index is 12.1. The van der Waals surface area contributed by atoms with Gasteiger partial charge in [0, 0.05) is 5.69 Å². The van der Waals surface area contributed by atoms with Crippen molar-refractivity contribution < 1.29 is 19.8 Å². The van der Waals surface area contributed by atoms with Crippen LogP contribution in [0.15, 0.2) is 24.3 Å². The predicted molar refractivity (Wildman–Crippen MR) is 69.4 cm³/mol. The average Bonchev–Trinajstić information content (AvgIpc) is 2.93. The number of hydrogen-bond acceptors (Lipinski definition) is 3. The average molecular weight is 263 g/mol. The van der Waals surface area contributed by atoms with Crippen molar-refractivity contribution in [2.45, 2.75) is 20.5 Å². The number of benzene rings is 1. The minimum absolute atomic E-state index is 0.101. The molecule has 1 amide bonds. The fourth-order valence-corrected chi connectivity index (χ4v) is 2.56. The van der Waals surface area contributed by atoms with E-state index in [0.717, 1.165) is 0 Å². The molecular weight excluding hydrogens is 246 g/mol. The van der Waals surface area contributed by atoms with Crippen molar-refractivity contribution in [2.75, 3.05) is 5.32 Å². The van der Waals surface area contributed by atoms with Gasteiger partial charge in [0.05, 0.1) is 18.4 Å². The summed E-state index contributed by atoms with van der Waals surface area (Å²) in [6, 6.07) is 6.86. The topological polar surface area (TPSA) is 86.6 Å². The number of aliphatic hydroxyl groups is 1. The summed E-state index contributed by atoms with van der Waals surface area (Å²) in [5, 5.41) is 20.8. The first-order valence-electron chi connectivity index (χ1n) is 6.11. The van der Waals surface area contributed by atoms with Crippen LogP contribution in [0.1, 0.15) is 19.4 Å². The maximum Gasteiger partial charge on any atom is 0.307 e. The van der Waals surface area contributed by atoms with E-state index in [2.05, 4.69) is 5.32 Å². The van der Waals surface area contributed by atoms with Gasteiger partial charge in [-0.25, -0.2) is 0 Å². The van der Waals surface area contributed by atoms with Crippen LogP contribution in [0.3, 0.4) is 0 Å². The Bertz CT molecular complexity index is 524. The number of carbonyl (C=O) groups excluding carboxylic acids is 1. The number of aliphatic hydroxyl groups excluding tert-OH is 1. The normalized spacial score (nSPS) is 23.7. The Morgan fingerprint density at radius 1 is 1.32 bits per heavy atom. The molecule has 1 aromatic carbocycles. The van der Waals surface area contributed by atoms with Gasteiger partial charge >= 0.3 is 5.97 Å². The molecule has 0 spiro atoms. The number of rotatable bonds is 4. The van der Waals surface area contributed by atoms with Crippen LogP contribution in [0.4, 0.5) is 5.69 Å². The molecule has 19 heavy (non-hydrogen) atoms. The molecule has 0 radical (unpaired) electrons. The van der Waals surface area contributed by atoms with Gasteiger partial charge in [-0.05, 0) is 23.1 Å². The van der Waals surface area contributed by atoms with E-state index in [-0.39, 0.29) is 12.5 Å². The van der Waals surface area contributed by atoms with Gasteiger partial charge < -0.3 is 15.5 Å². The van der Waals surface area contributed by atoms with Crippen LogP contribution in [-0.2, 0) is 16.2 Å². The van der Waals surface area contributed by atoms with Crippen molar-refractivity contribution in [3.63, 3.8) is 0 Å². The van der Waals surface area contributed by atoms with E-state index < -0.39 is 23.2 Å². The van der Waals surface area contributed by atoms with Crippen molar-refractivity contribution in [1.29, 1.82) is 0 Å². The summed E-state index contributed by atoms with van der Waals surface area (Å²) in [5.74, 6) is -2.36. The van der Waals surface area contributed by atoms with E-state index in [1.165, 1.54) is 0 Å². The number of carboxylic acid groups (broad SMARTS) is 1. The van der Waals surface area contributed by atoms with E-state index in [1.807, 2.05) is 0 Å². The molecule has 0 saturated heterocycles. The first kappa shape index (κ1) is 13.5. The molecule has 0 bridgehead atoms. The lowest BCUT2D eigenvalue weighted by atomic mass is 10.1. The summed E-state index contributed by atoms with van der Waals surface area (Å²) in [4.78, 5) is 23.1. The SMILES string of the molecule is CC1(C)C(C(=O)O)C1C(=O)Nc1cccc(CO)c1. The molecule has 1 fully saturated rings. The van der Waals surface area contributed by atoms with Crippen molar-refractivity contribution in [3.8, 4) is 0 Å². The lowest BCUT2D eigenvalue weighted by Crippen LogP contribution is -2.17. The first-order chi connectivity index (χ1) is 8.87. The number of aliphatic carboxylic acids is 1. The van der Waals surface area contributed by atoms with Gasteiger partial charge in [0.25, 0.3) is 0 Å². The van der Waals surface area contributed by atoms with Gasteiger partial charge in [0.15, 0.2) is 0 Å². The fraction of sp³-hybridized carbons (Fsp3) is 0.429. The molecule has 102 valence electrons. The second-order valence-corrected chi connectivity index (χ2v) is 5.46. The van der Waals surface area contributed by atoms with Crippen molar-refractivity contribution in [1.82, 2.24) is 0 Å². The highest BCUT2D eigenvalue weighted by molar-refractivity contribution is 5.99. The van der Waals surface area contributed by atoms with E-state index in [0.29, 0.717) is 11.3 Å². The van der Waals surface area contributed by atoms with Crippen LogP contribution < -0.4 is 5.32 Å². The van der Waals surface area contributed by atoms with Crippen molar-refractivity contribution in [3.05, 3.63) is 29.8 Å². The van der Waals surface area contributed by atoms with Gasteiger partial charge in [-0.1, -0.05) is 26.0 Å². The smallest absolute Gasteiger partial charge is 0.307 e. The lowest BCUT2D eigenvalue weighted by molar-refractivity contribution is -0.140. The highest BCUT2D eigenvalue weighted by Gasteiger charge is 2.65. The van der Waals surface area contributed by atoms with E-state index >= 15 is 0 Å². The summed E-state index contributed by atoms with van der Waals surface area (Å²) >= 11 is 0. The third-order valence-corrected chi connectivity index (χ3v) is 3.75. The summed E-state index contributed by atoms with van der Waals surface area (Å²) in [6.07, 6.45) is 0. The van der Waals surface area contributed by atoms with Gasteiger partial charge in [-0.15, -0.1) is 0 Å². The van der Waals surface area contributed by atoms with Crippen LogP contribution in [0, 0.1) is 17.3 Å². The molecule has 2 rings (SSSR count). The fourth-order valence-electron chi connectivity index (χ4n) is 2.56. The Hall–Kier alpha value is -1.88. The summed E-state index contributed by atoms with van der Waals surface area (Å²) in [6.45, 7) is 3.46. The van der Waals surface area contributed by atoms with Crippen molar-refractivity contribution >= 4 is 17.6 Å². The van der Waals surface area contributed by atoms with Gasteiger partial charge in [-0.3, -0.25) is 9.59 Å². The molecule has 1 saturated carbocycles. The summed E-state index contributed by atoms with van der Waals surface area (Å²) in [7, 11) is 0. The minimum Gasteiger partial charge on any atom is -0.481 e. The highest BCUT2D eigenvalue weighted by Crippen LogP contribution is 2.58. The zero-order chi connectivity index (χ0) is 14.2. The van der Waals surface area contributed by atoms with Crippen LogP contribution in [0.5, 0.6) is 0 Å². The molecule has 1 aliphatic carbocycles. The minimum atomic E-state index is -0.936. The quantitative estimate of drug-likeness (QED) is 0.767. The Morgan fingerprint density at radius 3 is 2.53 bits per heavy atom. The molecule has 0 aromatic heterocycles. The van der Waals surface area contributed by atoms with Gasteiger partial charge in [-0.2, -0.15) is 0 Å². The van der Waals surface area contributed by atoms with Crippen LogP contribution >= 0.6 is 0 Å². The third-order valence-electron chi connectivity index (χ3n) is 3.75. The zero-order valence-electron chi connectivity index (χ0n) is 10.9. The lowest BCUT2D eigenvalue weighted by Gasteiger charge is -2.07.